The van der Waals surface area contributed by atoms with Gasteiger partial charge in [-0.1, -0.05) is 45.9 Å². The first-order valence-electron chi connectivity index (χ1n) is 14.7. The van der Waals surface area contributed by atoms with Gasteiger partial charge in [0.15, 0.2) is 0 Å². The third-order valence-electron chi connectivity index (χ3n) is 12.1. The van der Waals surface area contributed by atoms with Crippen molar-refractivity contribution in [1.82, 2.24) is 0 Å². The molecule has 0 aliphatic heterocycles. The van der Waals surface area contributed by atoms with E-state index in [1.54, 1.807) is 6.92 Å². The van der Waals surface area contributed by atoms with Gasteiger partial charge in [0.2, 0.25) is 0 Å². The molecule has 0 spiro atoms. The van der Waals surface area contributed by atoms with Crippen molar-refractivity contribution >= 4 is 11.9 Å². The molecule has 4 aliphatic carbocycles. The van der Waals surface area contributed by atoms with Crippen LogP contribution in [0.25, 0.3) is 0 Å². The molecule has 6 nitrogen and oxygen atoms in total. The zero-order valence-electron chi connectivity index (χ0n) is 24.5. The summed E-state index contributed by atoms with van der Waals surface area (Å²) in [4.78, 5) is 25.5. The van der Waals surface area contributed by atoms with Crippen LogP contribution in [0.5, 0.6) is 0 Å². The summed E-state index contributed by atoms with van der Waals surface area (Å²) in [6.07, 6.45) is 5.59. The van der Waals surface area contributed by atoms with Crippen molar-refractivity contribution in [1.29, 1.82) is 0 Å². The third-order valence-corrected chi connectivity index (χ3v) is 12.1. The van der Waals surface area contributed by atoms with Crippen LogP contribution in [0.4, 0.5) is 0 Å². The molecule has 3 N–H and O–H groups in total. The number of allylic oxidation sites excluding steroid dienone is 2. The van der Waals surface area contributed by atoms with Gasteiger partial charge < -0.3 is 20.1 Å². The van der Waals surface area contributed by atoms with Gasteiger partial charge in [-0.25, -0.2) is 4.79 Å². The lowest BCUT2D eigenvalue weighted by Crippen LogP contribution is -2.66. The Kier molecular flexibility index (Phi) is 7.77. The summed E-state index contributed by atoms with van der Waals surface area (Å²) >= 11 is 0. The Morgan fingerprint density at radius 2 is 1.68 bits per heavy atom. The highest BCUT2D eigenvalue weighted by molar-refractivity contribution is 5.87. The quantitative estimate of drug-likeness (QED) is 0.229. The van der Waals surface area contributed by atoms with Crippen LogP contribution in [-0.4, -0.2) is 45.6 Å². The predicted molar refractivity (Wildman–Crippen MR) is 147 cm³/mol. The van der Waals surface area contributed by atoms with E-state index in [1.165, 1.54) is 0 Å². The fourth-order valence-corrected chi connectivity index (χ4v) is 10.1. The number of aliphatic hydroxyl groups is 2. The normalized spacial score (nSPS) is 46.7. The van der Waals surface area contributed by atoms with E-state index < -0.39 is 30.1 Å². The van der Waals surface area contributed by atoms with Crippen molar-refractivity contribution in [2.75, 3.05) is 0 Å². The minimum atomic E-state index is -0.874. The molecule has 0 aromatic carbocycles. The van der Waals surface area contributed by atoms with Crippen molar-refractivity contribution in [3.05, 3.63) is 23.8 Å². The molecule has 214 valence electrons. The summed E-state index contributed by atoms with van der Waals surface area (Å²) in [7, 11) is 0. The van der Waals surface area contributed by atoms with Crippen molar-refractivity contribution in [3.63, 3.8) is 0 Å². The number of carboxylic acids is 1. The first-order valence-corrected chi connectivity index (χ1v) is 14.7. The predicted octanol–water partition coefficient (Wildman–Crippen LogP) is 5.77. The Morgan fingerprint density at radius 1 is 1.03 bits per heavy atom. The molecule has 6 heteroatoms. The van der Waals surface area contributed by atoms with E-state index >= 15 is 0 Å². The average Bonchev–Trinajstić information content (AvgIpc) is 3.08. The van der Waals surface area contributed by atoms with E-state index in [4.69, 9.17) is 4.74 Å². The Bertz CT molecular complexity index is 998. The smallest absolute Gasteiger partial charge is 0.333 e. The maximum Gasteiger partial charge on any atom is 0.333 e. The van der Waals surface area contributed by atoms with Gasteiger partial charge in [-0.2, -0.15) is 0 Å². The Labute approximate surface area is 228 Å². The standard InChI is InChI=1S/C32H50O6/c1-17(2)9-10-20(28(35)36)26-22-15-24(34)27-30(6)13-12-23(33)19(5)21(30)11-14-31(27,7)32(22,8)16-25(26)38-29(37)18(3)4/h9,19-27,33-34H,3,10-16H2,1-2,4-8H3,(H,35,36)/t19-,20+,21?,22?,23+,24+,25-,26+,27?,30-,31-,32-/m0/s1. The van der Waals surface area contributed by atoms with E-state index in [-0.39, 0.29) is 46.0 Å². The molecular weight excluding hydrogens is 480 g/mol. The minimum absolute atomic E-state index is 0.0438. The second-order valence-corrected chi connectivity index (χ2v) is 14.3. The molecule has 4 aliphatic rings. The third kappa shape index (κ3) is 4.38. The lowest BCUT2D eigenvalue weighted by molar-refractivity contribution is -0.240. The second kappa shape index (κ2) is 10.1. The number of hydrogen-bond acceptors (Lipinski definition) is 5. The van der Waals surface area contributed by atoms with E-state index in [9.17, 15) is 24.9 Å². The number of carbonyl (C=O) groups is 2. The maximum absolute atomic E-state index is 12.8. The highest BCUT2D eigenvalue weighted by atomic mass is 16.5. The SMILES string of the molecule is C=C(C)C(=O)O[C@H]1C[C@@]2(C)C(C[C@@H](O)C3[C@@]4(C)CC[C@@H](O)[C@@H](C)C4CC[C@@]32C)[C@H]1[C@@H](CC=C(C)C)C(=O)O. The summed E-state index contributed by atoms with van der Waals surface area (Å²) in [6, 6.07) is 0. The van der Waals surface area contributed by atoms with E-state index in [0.29, 0.717) is 30.8 Å². The van der Waals surface area contributed by atoms with Gasteiger partial charge in [-0.05, 0) is 106 Å². The molecule has 38 heavy (non-hydrogen) atoms. The lowest BCUT2D eigenvalue weighted by Gasteiger charge is -2.69. The topological polar surface area (TPSA) is 104 Å². The van der Waals surface area contributed by atoms with E-state index in [2.05, 4.69) is 34.3 Å². The van der Waals surface area contributed by atoms with Crippen LogP contribution >= 0.6 is 0 Å². The van der Waals surface area contributed by atoms with Crippen LogP contribution in [0, 0.1) is 51.8 Å². The van der Waals surface area contributed by atoms with Crippen molar-refractivity contribution in [2.24, 2.45) is 51.8 Å². The molecule has 0 saturated heterocycles. The number of aliphatic carboxylic acids is 1. The van der Waals surface area contributed by atoms with Gasteiger partial charge in [0, 0.05) is 11.5 Å². The van der Waals surface area contributed by atoms with Crippen molar-refractivity contribution < 1.29 is 29.6 Å². The van der Waals surface area contributed by atoms with Crippen LogP contribution in [0.1, 0.15) is 93.4 Å². The van der Waals surface area contributed by atoms with Gasteiger partial charge in [0.25, 0.3) is 0 Å². The monoisotopic (exact) mass is 530 g/mol. The summed E-state index contributed by atoms with van der Waals surface area (Å²) in [5, 5.41) is 33.1. The van der Waals surface area contributed by atoms with Gasteiger partial charge in [-0.3, -0.25) is 4.79 Å². The maximum atomic E-state index is 12.8. The number of aliphatic hydroxyl groups excluding tert-OH is 2. The fraction of sp³-hybridized carbons (Fsp3) is 0.812. The summed E-state index contributed by atoms with van der Waals surface area (Å²) in [6.45, 7) is 18.4. The molecule has 0 amide bonds. The summed E-state index contributed by atoms with van der Waals surface area (Å²) in [5.41, 5.74) is 0.725. The largest absolute Gasteiger partial charge is 0.481 e. The number of fused-ring (bicyclic) bond motifs is 5. The summed E-state index contributed by atoms with van der Waals surface area (Å²) in [5.74, 6) is -1.94. The highest BCUT2D eigenvalue weighted by Crippen LogP contribution is 2.74. The first-order chi connectivity index (χ1) is 17.6. The molecule has 0 heterocycles. The molecule has 0 aromatic rings. The molecule has 0 bridgehead atoms. The van der Waals surface area contributed by atoms with Crippen LogP contribution in [-0.2, 0) is 14.3 Å². The average molecular weight is 531 g/mol. The Balaban J connectivity index is 1.80. The van der Waals surface area contributed by atoms with Crippen LogP contribution in [0.2, 0.25) is 0 Å². The van der Waals surface area contributed by atoms with Crippen LogP contribution < -0.4 is 0 Å². The first kappa shape index (κ1) is 29.3. The molecule has 4 saturated carbocycles. The van der Waals surface area contributed by atoms with Gasteiger partial charge in [0.05, 0.1) is 18.1 Å². The second-order valence-electron chi connectivity index (χ2n) is 14.3. The molecule has 0 radical (unpaired) electrons. The van der Waals surface area contributed by atoms with Crippen molar-refractivity contribution in [3.8, 4) is 0 Å². The molecule has 0 aromatic heterocycles. The van der Waals surface area contributed by atoms with Crippen LogP contribution in [0.3, 0.4) is 0 Å². The fourth-order valence-electron chi connectivity index (χ4n) is 10.1. The van der Waals surface area contributed by atoms with Gasteiger partial charge >= 0.3 is 11.9 Å². The highest BCUT2D eigenvalue weighted by Gasteiger charge is 2.72. The minimum Gasteiger partial charge on any atom is -0.481 e. The number of carbonyl (C=O) groups excluding carboxylic acids is 1. The summed E-state index contributed by atoms with van der Waals surface area (Å²) < 4.78 is 6.07. The van der Waals surface area contributed by atoms with Crippen LogP contribution in [0.15, 0.2) is 23.8 Å². The Hall–Kier alpha value is -1.66. The zero-order chi connectivity index (χ0) is 28.4. The lowest BCUT2D eigenvalue weighted by atomic mass is 9.36. The zero-order valence-corrected chi connectivity index (χ0v) is 24.5. The number of hydrogen-bond donors (Lipinski definition) is 3. The van der Waals surface area contributed by atoms with Gasteiger partial charge in [-0.15, -0.1) is 0 Å². The molecule has 4 fully saturated rings. The molecule has 3 unspecified atom stereocenters. The van der Waals surface area contributed by atoms with E-state index in [1.807, 2.05) is 19.9 Å². The number of carboxylic acid groups (broad SMARTS) is 1. The molecule has 12 atom stereocenters. The number of esters is 1. The van der Waals surface area contributed by atoms with E-state index in [0.717, 1.165) is 31.3 Å². The number of ether oxygens (including phenoxy) is 1. The molecule has 4 rings (SSSR count). The molecular formula is C32H50O6. The Morgan fingerprint density at radius 3 is 2.26 bits per heavy atom. The number of rotatable bonds is 6. The van der Waals surface area contributed by atoms with Crippen molar-refractivity contribution in [2.45, 2.75) is 112 Å². The van der Waals surface area contributed by atoms with Gasteiger partial charge in [0.1, 0.15) is 6.10 Å².